The molecule has 0 atom stereocenters. The molecule has 0 bridgehead atoms. The van der Waals surface area contributed by atoms with Crippen molar-refractivity contribution in [3.05, 3.63) is 57.5 Å². The molecule has 0 saturated carbocycles. The zero-order chi connectivity index (χ0) is 14.2. The topological polar surface area (TPSA) is 59.3 Å². The van der Waals surface area contributed by atoms with E-state index in [-0.39, 0.29) is 11.3 Å². The van der Waals surface area contributed by atoms with E-state index >= 15 is 0 Å². The van der Waals surface area contributed by atoms with Crippen molar-refractivity contribution in [2.24, 2.45) is 0 Å². The van der Waals surface area contributed by atoms with Crippen LogP contribution in [0.4, 0.5) is 0 Å². The number of aryl methyl sites for hydroxylation is 2. The first-order valence-corrected chi connectivity index (χ1v) is 5.96. The second-order valence-electron chi connectivity index (χ2n) is 4.53. The van der Waals surface area contributed by atoms with Crippen LogP contribution < -0.4 is 5.56 Å². The fourth-order valence-corrected chi connectivity index (χ4v) is 2.16. The highest BCUT2D eigenvalue weighted by Crippen LogP contribution is 2.19. The Hall–Kier alpha value is -2.36. The monoisotopic (exact) mass is 257 g/mol. The Bertz CT molecular complexity index is 714. The lowest BCUT2D eigenvalue weighted by Crippen LogP contribution is -2.26. The van der Waals surface area contributed by atoms with E-state index in [4.69, 9.17) is 0 Å². The highest BCUT2D eigenvalue weighted by molar-refractivity contribution is 5.96. The fraction of sp³-hybridized carbons (Fsp3) is 0.200. The highest BCUT2D eigenvalue weighted by atomic mass is 16.3. The smallest absolute Gasteiger partial charge is 0.269 e. The van der Waals surface area contributed by atoms with E-state index in [1.807, 2.05) is 31.2 Å². The van der Waals surface area contributed by atoms with Gasteiger partial charge in [-0.05, 0) is 32.4 Å². The van der Waals surface area contributed by atoms with Crippen molar-refractivity contribution in [1.82, 2.24) is 4.57 Å². The molecule has 1 heterocycles. The van der Waals surface area contributed by atoms with Crippen LogP contribution in [-0.2, 0) is 0 Å². The molecule has 0 aliphatic rings. The molecule has 2 aromatic rings. The molecular formula is C15H15NO3. The summed E-state index contributed by atoms with van der Waals surface area (Å²) in [6, 6.07) is 8.84. The number of hydrogen-bond acceptors (Lipinski definition) is 3. The molecule has 0 aliphatic heterocycles. The molecule has 98 valence electrons. The van der Waals surface area contributed by atoms with E-state index in [0.717, 1.165) is 5.56 Å². The van der Waals surface area contributed by atoms with Gasteiger partial charge in [0.1, 0.15) is 11.3 Å². The van der Waals surface area contributed by atoms with Crippen LogP contribution in [0.25, 0.3) is 5.69 Å². The molecule has 0 unspecified atom stereocenters. The molecule has 0 aliphatic carbocycles. The van der Waals surface area contributed by atoms with E-state index in [1.54, 1.807) is 6.92 Å². The van der Waals surface area contributed by atoms with Gasteiger partial charge in [-0.3, -0.25) is 14.2 Å². The Morgan fingerprint density at radius 3 is 2.42 bits per heavy atom. The molecule has 4 heteroatoms. The SMILES string of the molecule is CC(=O)c1c(O)cc(C)n(-c2ccccc2C)c1=O. The van der Waals surface area contributed by atoms with Gasteiger partial charge >= 0.3 is 0 Å². The number of para-hydroxylation sites is 1. The summed E-state index contributed by atoms with van der Waals surface area (Å²) in [6.45, 7) is 4.88. The van der Waals surface area contributed by atoms with Gasteiger partial charge in [-0.15, -0.1) is 0 Å². The molecule has 19 heavy (non-hydrogen) atoms. The van der Waals surface area contributed by atoms with Gasteiger partial charge in [0.25, 0.3) is 5.56 Å². The maximum absolute atomic E-state index is 12.4. The number of pyridine rings is 1. The van der Waals surface area contributed by atoms with E-state index < -0.39 is 11.3 Å². The van der Waals surface area contributed by atoms with Gasteiger partial charge in [0.2, 0.25) is 0 Å². The number of carbonyl (C=O) groups excluding carboxylic acids is 1. The summed E-state index contributed by atoms with van der Waals surface area (Å²) >= 11 is 0. The summed E-state index contributed by atoms with van der Waals surface area (Å²) in [5.41, 5.74) is 1.57. The maximum Gasteiger partial charge on any atom is 0.269 e. The van der Waals surface area contributed by atoms with Gasteiger partial charge in [-0.1, -0.05) is 18.2 Å². The predicted octanol–water partition coefficient (Wildman–Crippen LogP) is 2.36. The van der Waals surface area contributed by atoms with Crippen molar-refractivity contribution >= 4 is 5.78 Å². The lowest BCUT2D eigenvalue weighted by molar-refractivity contribution is 0.101. The van der Waals surface area contributed by atoms with Crippen molar-refractivity contribution in [3.63, 3.8) is 0 Å². The Labute approximate surface area is 110 Å². The summed E-state index contributed by atoms with van der Waals surface area (Å²) in [6.07, 6.45) is 0. The lowest BCUT2D eigenvalue weighted by atomic mass is 10.1. The number of carbonyl (C=O) groups is 1. The molecule has 0 spiro atoms. The van der Waals surface area contributed by atoms with Crippen LogP contribution in [0, 0.1) is 13.8 Å². The van der Waals surface area contributed by atoms with Gasteiger partial charge in [0, 0.05) is 11.8 Å². The van der Waals surface area contributed by atoms with Crippen LogP contribution in [-0.4, -0.2) is 15.5 Å². The predicted molar refractivity (Wildman–Crippen MR) is 73.2 cm³/mol. The minimum Gasteiger partial charge on any atom is -0.507 e. The standard InChI is InChI=1S/C15H15NO3/c1-9-6-4-5-7-12(9)16-10(2)8-13(18)14(11(3)17)15(16)19/h4-8,18H,1-3H3. The Morgan fingerprint density at radius 2 is 1.84 bits per heavy atom. The Kier molecular flexibility index (Phi) is 3.25. The largest absolute Gasteiger partial charge is 0.507 e. The van der Waals surface area contributed by atoms with Crippen molar-refractivity contribution in [2.75, 3.05) is 0 Å². The number of Topliss-reactive ketones (excluding diaryl/α,β-unsaturated/α-hetero) is 1. The van der Waals surface area contributed by atoms with Gasteiger partial charge in [-0.2, -0.15) is 0 Å². The Morgan fingerprint density at radius 1 is 1.21 bits per heavy atom. The first-order chi connectivity index (χ1) is 8.93. The van der Waals surface area contributed by atoms with Crippen molar-refractivity contribution in [2.45, 2.75) is 20.8 Å². The molecule has 0 saturated heterocycles. The molecule has 0 amide bonds. The minimum atomic E-state index is -0.487. The third-order valence-corrected chi connectivity index (χ3v) is 3.08. The summed E-state index contributed by atoms with van der Waals surface area (Å²) in [5, 5.41) is 9.75. The normalized spacial score (nSPS) is 10.5. The maximum atomic E-state index is 12.4. The first-order valence-electron chi connectivity index (χ1n) is 5.96. The summed E-state index contributed by atoms with van der Waals surface area (Å²) < 4.78 is 1.45. The van der Waals surface area contributed by atoms with Gasteiger partial charge in [-0.25, -0.2) is 0 Å². The first kappa shape index (κ1) is 13.1. The summed E-state index contributed by atoms with van der Waals surface area (Å²) in [4.78, 5) is 23.9. The number of nitrogens with zero attached hydrogens (tertiary/aromatic N) is 1. The quantitative estimate of drug-likeness (QED) is 0.840. The van der Waals surface area contributed by atoms with Crippen LogP contribution in [0.5, 0.6) is 5.75 Å². The molecule has 1 aromatic heterocycles. The average Bonchev–Trinajstić information content (AvgIpc) is 2.30. The van der Waals surface area contributed by atoms with Gasteiger partial charge in [0.15, 0.2) is 5.78 Å². The molecule has 0 radical (unpaired) electrons. The molecular weight excluding hydrogens is 242 g/mol. The number of hydrogen-bond donors (Lipinski definition) is 1. The molecule has 0 fully saturated rings. The third kappa shape index (κ3) is 2.17. The van der Waals surface area contributed by atoms with Crippen molar-refractivity contribution < 1.29 is 9.90 Å². The number of rotatable bonds is 2. The van der Waals surface area contributed by atoms with E-state index in [0.29, 0.717) is 11.4 Å². The van der Waals surface area contributed by atoms with Crippen molar-refractivity contribution in [1.29, 1.82) is 0 Å². The minimum absolute atomic E-state index is 0.172. The van der Waals surface area contributed by atoms with Gasteiger partial charge in [0.05, 0.1) is 5.69 Å². The summed E-state index contributed by atoms with van der Waals surface area (Å²) in [5.74, 6) is -0.704. The second kappa shape index (κ2) is 4.72. The number of aromatic nitrogens is 1. The zero-order valence-corrected chi connectivity index (χ0v) is 11.1. The molecule has 1 N–H and O–H groups in total. The average molecular weight is 257 g/mol. The third-order valence-electron chi connectivity index (χ3n) is 3.08. The number of aromatic hydroxyl groups is 1. The fourth-order valence-electron chi connectivity index (χ4n) is 2.16. The number of benzene rings is 1. The summed E-state index contributed by atoms with van der Waals surface area (Å²) in [7, 11) is 0. The van der Waals surface area contributed by atoms with Gasteiger partial charge < -0.3 is 5.11 Å². The van der Waals surface area contributed by atoms with Crippen LogP contribution >= 0.6 is 0 Å². The molecule has 1 aromatic carbocycles. The molecule has 2 rings (SSSR count). The Balaban J connectivity index is 2.86. The van der Waals surface area contributed by atoms with E-state index in [2.05, 4.69) is 0 Å². The number of ketones is 1. The van der Waals surface area contributed by atoms with Crippen LogP contribution in [0.1, 0.15) is 28.5 Å². The van der Waals surface area contributed by atoms with Crippen LogP contribution in [0.2, 0.25) is 0 Å². The zero-order valence-electron chi connectivity index (χ0n) is 11.1. The lowest BCUT2D eigenvalue weighted by Gasteiger charge is -2.14. The van der Waals surface area contributed by atoms with Crippen molar-refractivity contribution in [3.8, 4) is 11.4 Å². The van der Waals surface area contributed by atoms with E-state index in [9.17, 15) is 14.7 Å². The van der Waals surface area contributed by atoms with Crippen LogP contribution in [0.3, 0.4) is 0 Å². The van der Waals surface area contributed by atoms with E-state index in [1.165, 1.54) is 17.6 Å². The second-order valence-corrected chi connectivity index (χ2v) is 4.53. The van der Waals surface area contributed by atoms with Crippen LogP contribution in [0.15, 0.2) is 35.1 Å². The highest BCUT2D eigenvalue weighted by Gasteiger charge is 2.17. The molecule has 4 nitrogen and oxygen atoms in total.